The summed E-state index contributed by atoms with van der Waals surface area (Å²) < 4.78 is 5.30. The summed E-state index contributed by atoms with van der Waals surface area (Å²) in [5, 5.41) is 6.34. The molecule has 2 amide bonds. The van der Waals surface area contributed by atoms with Crippen molar-refractivity contribution in [2.75, 3.05) is 17.7 Å². The molecule has 3 rings (SSSR count). The van der Waals surface area contributed by atoms with E-state index in [1.807, 2.05) is 18.2 Å². The number of carbonyl (C=O) groups is 2. The number of H-pyrrole nitrogens is 1. The van der Waals surface area contributed by atoms with Crippen LogP contribution < -0.4 is 15.4 Å². The lowest BCUT2D eigenvalue weighted by atomic mass is 10.2. The number of fused-ring (bicyclic) bond motifs is 1. The van der Waals surface area contributed by atoms with Gasteiger partial charge in [0.1, 0.15) is 11.4 Å². The molecule has 0 spiro atoms. The number of methoxy groups -OCH3 is 1. The lowest BCUT2D eigenvalue weighted by molar-refractivity contribution is -0.114. The standard InChI is InChI=1S/C18H17N3O3/c1-11(22)19-12-6-8-13(9-7-12)20-18(23)16-10-14-15(21-16)4-3-5-17(14)24-2/h3-10,21H,1-2H3,(H,19,22)(H,20,23). The molecular weight excluding hydrogens is 306 g/mol. The van der Waals surface area contributed by atoms with E-state index in [0.717, 1.165) is 10.9 Å². The fourth-order valence-corrected chi connectivity index (χ4v) is 2.47. The minimum Gasteiger partial charge on any atom is -0.496 e. The van der Waals surface area contributed by atoms with Crippen molar-refractivity contribution >= 4 is 34.1 Å². The third-order valence-electron chi connectivity index (χ3n) is 3.55. The maximum Gasteiger partial charge on any atom is 0.272 e. The van der Waals surface area contributed by atoms with Gasteiger partial charge in [-0.15, -0.1) is 0 Å². The van der Waals surface area contributed by atoms with Crippen LogP contribution in [0.4, 0.5) is 11.4 Å². The molecule has 6 heteroatoms. The summed E-state index contributed by atoms with van der Waals surface area (Å²) in [6.45, 7) is 1.44. The van der Waals surface area contributed by atoms with Gasteiger partial charge in [0, 0.05) is 29.2 Å². The molecule has 0 aliphatic heterocycles. The first-order valence-corrected chi connectivity index (χ1v) is 7.41. The summed E-state index contributed by atoms with van der Waals surface area (Å²) in [6.07, 6.45) is 0. The van der Waals surface area contributed by atoms with Gasteiger partial charge in [-0.1, -0.05) is 6.07 Å². The Morgan fingerprint density at radius 1 is 1.00 bits per heavy atom. The average Bonchev–Trinajstić information content (AvgIpc) is 3.00. The van der Waals surface area contributed by atoms with Crippen LogP contribution in [-0.4, -0.2) is 23.9 Å². The van der Waals surface area contributed by atoms with E-state index in [0.29, 0.717) is 22.8 Å². The molecule has 0 aliphatic carbocycles. The Bertz CT molecular complexity index is 898. The molecule has 0 unspecified atom stereocenters. The number of aromatic nitrogens is 1. The van der Waals surface area contributed by atoms with Crippen LogP contribution in [0.15, 0.2) is 48.5 Å². The first-order chi connectivity index (χ1) is 11.6. The monoisotopic (exact) mass is 323 g/mol. The predicted molar refractivity (Wildman–Crippen MR) is 93.5 cm³/mol. The molecule has 3 aromatic rings. The molecule has 0 aliphatic rings. The van der Waals surface area contributed by atoms with Crippen LogP contribution in [0.5, 0.6) is 5.75 Å². The van der Waals surface area contributed by atoms with Gasteiger partial charge in [-0.2, -0.15) is 0 Å². The molecule has 6 nitrogen and oxygen atoms in total. The summed E-state index contributed by atoms with van der Waals surface area (Å²) in [5.74, 6) is 0.321. The van der Waals surface area contributed by atoms with Crippen molar-refractivity contribution in [3.8, 4) is 5.75 Å². The van der Waals surface area contributed by atoms with Gasteiger partial charge >= 0.3 is 0 Å². The third kappa shape index (κ3) is 3.22. The van der Waals surface area contributed by atoms with Gasteiger partial charge in [-0.25, -0.2) is 0 Å². The van der Waals surface area contributed by atoms with Crippen molar-refractivity contribution in [3.63, 3.8) is 0 Å². The number of ether oxygens (including phenoxy) is 1. The quantitative estimate of drug-likeness (QED) is 0.688. The Labute approximate surface area is 138 Å². The van der Waals surface area contributed by atoms with Gasteiger partial charge in [0.15, 0.2) is 0 Å². The Balaban J connectivity index is 1.78. The number of anilines is 2. The lowest BCUT2D eigenvalue weighted by Gasteiger charge is -2.06. The summed E-state index contributed by atoms with van der Waals surface area (Å²) in [4.78, 5) is 26.5. The van der Waals surface area contributed by atoms with Gasteiger partial charge in [0.2, 0.25) is 5.91 Å². The van der Waals surface area contributed by atoms with Crippen molar-refractivity contribution in [1.82, 2.24) is 4.98 Å². The molecule has 24 heavy (non-hydrogen) atoms. The zero-order valence-corrected chi connectivity index (χ0v) is 13.3. The number of amides is 2. The first-order valence-electron chi connectivity index (χ1n) is 7.41. The number of rotatable bonds is 4. The van der Waals surface area contributed by atoms with E-state index < -0.39 is 0 Å². The van der Waals surface area contributed by atoms with Gasteiger partial charge in [-0.05, 0) is 42.5 Å². The molecule has 1 aromatic heterocycles. The fourth-order valence-electron chi connectivity index (χ4n) is 2.47. The van der Waals surface area contributed by atoms with Crippen LogP contribution in [0.2, 0.25) is 0 Å². The maximum absolute atomic E-state index is 12.4. The normalized spacial score (nSPS) is 10.4. The Kier molecular flexibility index (Phi) is 4.20. The second-order valence-electron chi connectivity index (χ2n) is 5.32. The molecule has 0 bridgehead atoms. The number of hydrogen-bond acceptors (Lipinski definition) is 3. The van der Waals surface area contributed by atoms with Crippen LogP contribution in [0.1, 0.15) is 17.4 Å². The predicted octanol–water partition coefficient (Wildman–Crippen LogP) is 3.39. The number of aromatic amines is 1. The zero-order chi connectivity index (χ0) is 17.1. The molecule has 0 atom stereocenters. The highest BCUT2D eigenvalue weighted by atomic mass is 16.5. The minimum atomic E-state index is -0.250. The molecule has 122 valence electrons. The molecule has 1 heterocycles. The zero-order valence-electron chi connectivity index (χ0n) is 13.3. The van der Waals surface area contributed by atoms with E-state index in [1.165, 1.54) is 6.92 Å². The topological polar surface area (TPSA) is 83.2 Å². The Hall–Kier alpha value is -3.28. The number of carbonyl (C=O) groups excluding carboxylic acids is 2. The van der Waals surface area contributed by atoms with Crippen LogP contribution >= 0.6 is 0 Å². The van der Waals surface area contributed by atoms with Crippen molar-refractivity contribution in [2.45, 2.75) is 6.92 Å². The van der Waals surface area contributed by atoms with E-state index in [1.54, 1.807) is 37.4 Å². The van der Waals surface area contributed by atoms with E-state index in [2.05, 4.69) is 15.6 Å². The second kappa shape index (κ2) is 6.45. The van der Waals surface area contributed by atoms with E-state index in [-0.39, 0.29) is 11.8 Å². The van der Waals surface area contributed by atoms with E-state index in [4.69, 9.17) is 4.74 Å². The van der Waals surface area contributed by atoms with Crippen molar-refractivity contribution in [2.24, 2.45) is 0 Å². The highest BCUT2D eigenvalue weighted by Crippen LogP contribution is 2.26. The largest absolute Gasteiger partial charge is 0.496 e. The van der Waals surface area contributed by atoms with E-state index >= 15 is 0 Å². The third-order valence-corrected chi connectivity index (χ3v) is 3.55. The van der Waals surface area contributed by atoms with Gasteiger partial charge in [0.25, 0.3) is 5.91 Å². The maximum atomic E-state index is 12.4. The van der Waals surface area contributed by atoms with Crippen LogP contribution in [0, 0.1) is 0 Å². The average molecular weight is 323 g/mol. The summed E-state index contributed by atoms with van der Waals surface area (Å²) in [5.41, 5.74) is 2.59. The van der Waals surface area contributed by atoms with Crippen LogP contribution in [0.3, 0.4) is 0 Å². The molecule has 0 radical (unpaired) electrons. The fraction of sp³-hybridized carbons (Fsp3) is 0.111. The van der Waals surface area contributed by atoms with Crippen LogP contribution in [-0.2, 0) is 4.79 Å². The lowest BCUT2D eigenvalue weighted by Crippen LogP contribution is -2.12. The number of nitrogens with one attached hydrogen (secondary N) is 3. The Morgan fingerprint density at radius 2 is 1.67 bits per heavy atom. The number of benzene rings is 2. The van der Waals surface area contributed by atoms with Crippen molar-refractivity contribution in [3.05, 3.63) is 54.2 Å². The molecular formula is C18H17N3O3. The Morgan fingerprint density at radius 3 is 2.29 bits per heavy atom. The van der Waals surface area contributed by atoms with Crippen molar-refractivity contribution in [1.29, 1.82) is 0 Å². The van der Waals surface area contributed by atoms with E-state index in [9.17, 15) is 9.59 Å². The molecule has 0 fully saturated rings. The smallest absolute Gasteiger partial charge is 0.272 e. The highest BCUT2D eigenvalue weighted by Gasteiger charge is 2.12. The SMILES string of the molecule is COc1cccc2[nH]c(C(=O)Nc3ccc(NC(C)=O)cc3)cc12. The summed E-state index contributed by atoms with van der Waals surface area (Å²) >= 11 is 0. The van der Waals surface area contributed by atoms with Gasteiger partial charge < -0.3 is 20.4 Å². The molecule has 0 saturated carbocycles. The summed E-state index contributed by atoms with van der Waals surface area (Å²) in [7, 11) is 1.60. The number of hydrogen-bond donors (Lipinski definition) is 3. The van der Waals surface area contributed by atoms with Crippen LogP contribution in [0.25, 0.3) is 10.9 Å². The molecule has 0 saturated heterocycles. The second-order valence-corrected chi connectivity index (χ2v) is 5.32. The minimum absolute atomic E-state index is 0.140. The molecule has 2 aromatic carbocycles. The molecule has 3 N–H and O–H groups in total. The van der Waals surface area contributed by atoms with Gasteiger partial charge in [-0.3, -0.25) is 9.59 Å². The first kappa shape index (κ1) is 15.6. The van der Waals surface area contributed by atoms with Gasteiger partial charge in [0.05, 0.1) is 7.11 Å². The highest BCUT2D eigenvalue weighted by molar-refractivity contribution is 6.06. The van der Waals surface area contributed by atoms with Crippen molar-refractivity contribution < 1.29 is 14.3 Å². The summed E-state index contributed by atoms with van der Waals surface area (Å²) in [6, 6.07) is 14.3.